The number of aryl methyl sites for hydroxylation is 1. The highest BCUT2D eigenvalue weighted by Crippen LogP contribution is 2.28. The molecule has 3 aromatic rings. The molecule has 0 spiro atoms. The molecule has 142 valence electrons. The Hall–Kier alpha value is -2.97. The van der Waals surface area contributed by atoms with Crippen LogP contribution in [0.5, 0.6) is 0 Å². The number of aromatic nitrogens is 7. The predicted octanol–water partition coefficient (Wildman–Crippen LogP) is 1.30. The average molecular weight is 368 g/mol. The van der Waals surface area contributed by atoms with Crippen LogP contribution in [0.3, 0.4) is 0 Å². The van der Waals surface area contributed by atoms with E-state index < -0.39 is 0 Å². The van der Waals surface area contributed by atoms with Crippen LogP contribution in [0.15, 0.2) is 30.9 Å². The molecule has 27 heavy (non-hydrogen) atoms. The molecule has 0 unspecified atom stereocenters. The molecule has 0 aromatic carbocycles. The predicted molar refractivity (Wildman–Crippen MR) is 98.1 cm³/mol. The molecule has 9 heteroatoms. The highest BCUT2D eigenvalue weighted by Gasteiger charge is 2.28. The van der Waals surface area contributed by atoms with Gasteiger partial charge in [-0.15, -0.1) is 10.2 Å². The van der Waals surface area contributed by atoms with Crippen LogP contribution >= 0.6 is 0 Å². The van der Waals surface area contributed by atoms with Gasteiger partial charge < -0.3 is 9.47 Å². The number of hydrogen-bond donors (Lipinski definition) is 0. The van der Waals surface area contributed by atoms with E-state index in [1.54, 1.807) is 23.3 Å². The van der Waals surface area contributed by atoms with Gasteiger partial charge in [-0.25, -0.2) is 0 Å². The van der Waals surface area contributed by atoms with Gasteiger partial charge in [-0.2, -0.15) is 10.2 Å². The summed E-state index contributed by atoms with van der Waals surface area (Å²) in [6.45, 7) is 5.01. The van der Waals surface area contributed by atoms with Crippen molar-refractivity contribution >= 4 is 5.91 Å². The van der Waals surface area contributed by atoms with Crippen molar-refractivity contribution in [1.82, 2.24) is 39.2 Å². The van der Waals surface area contributed by atoms with Crippen LogP contribution in [0.25, 0.3) is 0 Å². The van der Waals surface area contributed by atoms with E-state index >= 15 is 0 Å². The maximum absolute atomic E-state index is 12.6. The first-order valence-corrected chi connectivity index (χ1v) is 9.33. The highest BCUT2D eigenvalue weighted by atomic mass is 16.2. The van der Waals surface area contributed by atoms with Crippen LogP contribution in [0.1, 0.15) is 47.7 Å². The van der Waals surface area contributed by atoms with Gasteiger partial charge in [-0.05, 0) is 25.8 Å². The number of carbonyl (C=O) groups excluding carboxylic acids is 1. The first-order valence-electron chi connectivity index (χ1n) is 9.33. The Balaban J connectivity index is 1.43. The lowest BCUT2D eigenvalue weighted by molar-refractivity contribution is 0.0710. The van der Waals surface area contributed by atoms with E-state index in [-0.39, 0.29) is 5.91 Å². The topological polar surface area (TPSA) is 86.7 Å². The molecule has 1 amide bonds. The Morgan fingerprint density at radius 3 is 2.67 bits per heavy atom. The summed E-state index contributed by atoms with van der Waals surface area (Å²) in [4.78, 5) is 14.5. The SMILES string of the molecule is CCn1c(Cn2cccn2)nnc1C1CCN(C(=O)c2cnn(C)c2)CC1. The zero-order chi connectivity index (χ0) is 18.8. The number of nitrogens with zero attached hydrogens (tertiary/aromatic N) is 8. The van der Waals surface area contributed by atoms with Crippen LogP contribution in [-0.2, 0) is 20.1 Å². The Morgan fingerprint density at radius 2 is 2.04 bits per heavy atom. The smallest absolute Gasteiger partial charge is 0.257 e. The second kappa shape index (κ2) is 7.34. The molecule has 0 aliphatic carbocycles. The first kappa shape index (κ1) is 17.4. The molecule has 9 nitrogen and oxygen atoms in total. The van der Waals surface area contributed by atoms with Crippen molar-refractivity contribution in [3.63, 3.8) is 0 Å². The van der Waals surface area contributed by atoms with E-state index in [0.29, 0.717) is 18.0 Å². The third-order valence-corrected chi connectivity index (χ3v) is 5.13. The molecule has 1 fully saturated rings. The second-order valence-electron chi connectivity index (χ2n) is 6.89. The summed E-state index contributed by atoms with van der Waals surface area (Å²) in [5.74, 6) is 2.32. The van der Waals surface area contributed by atoms with E-state index in [0.717, 1.165) is 44.1 Å². The number of piperidine rings is 1. The Bertz CT molecular complexity index is 902. The highest BCUT2D eigenvalue weighted by molar-refractivity contribution is 5.93. The molecule has 3 aromatic heterocycles. The molecule has 0 N–H and O–H groups in total. The third-order valence-electron chi connectivity index (χ3n) is 5.13. The van der Waals surface area contributed by atoms with Gasteiger partial charge in [-0.3, -0.25) is 14.2 Å². The monoisotopic (exact) mass is 368 g/mol. The Labute approximate surface area is 157 Å². The first-order chi connectivity index (χ1) is 13.2. The maximum atomic E-state index is 12.6. The van der Waals surface area contributed by atoms with Gasteiger partial charge in [0.05, 0.1) is 11.8 Å². The minimum atomic E-state index is 0.0536. The van der Waals surface area contributed by atoms with Crippen LogP contribution in [0, 0.1) is 0 Å². The summed E-state index contributed by atoms with van der Waals surface area (Å²) in [7, 11) is 1.82. The molecule has 4 heterocycles. The zero-order valence-corrected chi connectivity index (χ0v) is 15.7. The van der Waals surface area contributed by atoms with Crippen molar-refractivity contribution in [3.05, 3.63) is 48.1 Å². The van der Waals surface area contributed by atoms with E-state index in [2.05, 4.69) is 31.9 Å². The van der Waals surface area contributed by atoms with Crippen molar-refractivity contribution in [3.8, 4) is 0 Å². The largest absolute Gasteiger partial charge is 0.339 e. The fourth-order valence-electron chi connectivity index (χ4n) is 3.71. The van der Waals surface area contributed by atoms with Crippen LogP contribution < -0.4 is 0 Å². The fraction of sp³-hybridized carbons (Fsp3) is 0.500. The van der Waals surface area contributed by atoms with Crippen molar-refractivity contribution in [2.24, 2.45) is 7.05 Å². The number of hydrogen-bond acceptors (Lipinski definition) is 5. The van der Waals surface area contributed by atoms with Crippen LogP contribution in [0.2, 0.25) is 0 Å². The fourth-order valence-corrected chi connectivity index (χ4v) is 3.71. The zero-order valence-electron chi connectivity index (χ0n) is 15.7. The van der Waals surface area contributed by atoms with Gasteiger partial charge in [0.2, 0.25) is 0 Å². The lowest BCUT2D eigenvalue weighted by Gasteiger charge is -2.31. The minimum Gasteiger partial charge on any atom is -0.339 e. The van der Waals surface area contributed by atoms with Gasteiger partial charge in [0, 0.05) is 51.2 Å². The summed E-state index contributed by atoms with van der Waals surface area (Å²) in [6.07, 6.45) is 8.88. The number of rotatable bonds is 5. The minimum absolute atomic E-state index is 0.0536. The second-order valence-corrected chi connectivity index (χ2v) is 6.89. The van der Waals surface area contributed by atoms with E-state index in [9.17, 15) is 4.79 Å². The summed E-state index contributed by atoms with van der Waals surface area (Å²) in [5, 5.41) is 17.2. The van der Waals surface area contributed by atoms with E-state index in [1.165, 1.54) is 0 Å². The molecule has 0 atom stereocenters. The van der Waals surface area contributed by atoms with Crippen molar-refractivity contribution in [2.45, 2.75) is 38.8 Å². The molecular weight excluding hydrogens is 344 g/mol. The van der Waals surface area contributed by atoms with E-state index in [1.807, 2.05) is 28.9 Å². The standard InChI is InChI=1S/C18H24N8O/c1-3-26-16(13-25-8-4-7-19-25)21-22-17(26)14-5-9-24(10-6-14)18(27)15-11-20-23(2)12-15/h4,7-8,11-12,14H,3,5-6,9-10,13H2,1-2H3. The Kier molecular flexibility index (Phi) is 4.74. The van der Waals surface area contributed by atoms with Crippen LogP contribution in [0.4, 0.5) is 0 Å². The Morgan fingerprint density at radius 1 is 1.22 bits per heavy atom. The summed E-state index contributed by atoms with van der Waals surface area (Å²) >= 11 is 0. The number of likely N-dealkylation sites (tertiary alicyclic amines) is 1. The molecule has 1 aliphatic rings. The molecular formula is C18H24N8O. The van der Waals surface area contributed by atoms with Crippen molar-refractivity contribution in [1.29, 1.82) is 0 Å². The van der Waals surface area contributed by atoms with Crippen molar-refractivity contribution < 1.29 is 4.79 Å². The molecule has 0 bridgehead atoms. The summed E-state index contributed by atoms with van der Waals surface area (Å²) < 4.78 is 5.70. The lowest BCUT2D eigenvalue weighted by Crippen LogP contribution is -2.38. The number of carbonyl (C=O) groups is 1. The van der Waals surface area contributed by atoms with E-state index in [4.69, 9.17) is 0 Å². The summed E-state index contributed by atoms with van der Waals surface area (Å²) in [6, 6.07) is 1.91. The van der Waals surface area contributed by atoms with Gasteiger partial charge >= 0.3 is 0 Å². The normalized spacial score (nSPS) is 15.4. The van der Waals surface area contributed by atoms with Crippen LogP contribution in [-0.4, -0.2) is 58.2 Å². The molecule has 0 radical (unpaired) electrons. The summed E-state index contributed by atoms with van der Waals surface area (Å²) in [5.41, 5.74) is 0.647. The van der Waals surface area contributed by atoms with Crippen molar-refractivity contribution in [2.75, 3.05) is 13.1 Å². The van der Waals surface area contributed by atoms with Gasteiger partial charge in [0.25, 0.3) is 5.91 Å². The lowest BCUT2D eigenvalue weighted by atomic mass is 9.95. The number of amides is 1. The van der Waals surface area contributed by atoms with Gasteiger partial charge in [0.15, 0.2) is 5.82 Å². The van der Waals surface area contributed by atoms with Gasteiger partial charge in [0.1, 0.15) is 12.4 Å². The molecule has 0 saturated carbocycles. The molecule has 1 aliphatic heterocycles. The maximum Gasteiger partial charge on any atom is 0.257 e. The third kappa shape index (κ3) is 3.49. The van der Waals surface area contributed by atoms with Gasteiger partial charge in [-0.1, -0.05) is 0 Å². The quantitative estimate of drug-likeness (QED) is 0.677. The molecule has 1 saturated heterocycles. The molecule has 4 rings (SSSR count). The average Bonchev–Trinajstić information content (AvgIpc) is 3.43.